The Labute approximate surface area is 197 Å². The predicted octanol–water partition coefficient (Wildman–Crippen LogP) is 6.32. The number of hydrogen-bond donors (Lipinski definition) is 2. The van der Waals surface area contributed by atoms with Crippen LogP contribution in [0.1, 0.15) is 18.4 Å². The first-order valence-corrected chi connectivity index (χ1v) is 11.2. The number of amides is 2. The smallest absolute Gasteiger partial charge is 0.312 e. The van der Waals surface area contributed by atoms with Gasteiger partial charge in [0.1, 0.15) is 0 Å². The van der Waals surface area contributed by atoms with Gasteiger partial charge in [-0.05, 0) is 73.0 Å². The molecule has 1 unspecified atom stereocenters. The van der Waals surface area contributed by atoms with Crippen molar-refractivity contribution in [1.82, 2.24) is 5.32 Å². The minimum Gasteiger partial charge on any atom is -0.312 e. The molecular weight excluding hydrogens is 443 g/mol. The van der Waals surface area contributed by atoms with E-state index in [0.717, 1.165) is 36.2 Å². The van der Waals surface area contributed by atoms with Crippen LogP contribution in [0.4, 0.5) is 16.2 Å². The highest BCUT2D eigenvalue weighted by Gasteiger charge is 2.23. The molecule has 0 saturated carbocycles. The monoisotopic (exact) mass is 464 g/mol. The van der Waals surface area contributed by atoms with Crippen LogP contribution < -0.4 is 15.5 Å². The number of nitrogens with zero attached hydrogens (tertiary/aromatic N) is 2. The number of halogens is 2. The van der Waals surface area contributed by atoms with Gasteiger partial charge in [0.25, 0.3) is 0 Å². The molecule has 5 nitrogen and oxygen atoms in total. The molecular formula is C25H22Cl2N4O. The Balaban J connectivity index is 1.59. The molecule has 7 heteroatoms. The van der Waals surface area contributed by atoms with Crippen molar-refractivity contribution >= 4 is 40.6 Å². The standard InChI is InChI=1S/C25H22Cl2N4O/c26-20-12-21(27)14-23(13-20)30-25(32)31(16-22-5-2-10-29-22)24-8-6-18(7-9-24)19-4-1-3-17(11-19)15-28/h1,3-4,6-9,11-14,22,29H,2,5,10,16H2,(H,30,32). The van der Waals surface area contributed by atoms with Crippen LogP contribution in [0.3, 0.4) is 0 Å². The summed E-state index contributed by atoms with van der Waals surface area (Å²) in [6.07, 6.45) is 2.12. The Hall–Kier alpha value is -3.04. The molecule has 1 aliphatic rings. The van der Waals surface area contributed by atoms with Crippen LogP contribution in [0.25, 0.3) is 11.1 Å². The predicted molar refractivity (Wildman–Crippen MR) is 130 cm³/mol. The normalized spacial score (nSPS) is 15.2. The van der Waals surface area contributed by atoms with Crippen molar-refractivity contribution in [2.75, 3.05) is 23.3 Å². The second-order valence-corrected chi connectivity index (χ2v) is 8.60. The summed E-state index contributed by atoms with van der Waals surface area (Å²) in [7, 11) is 0. The first-order chi connectivity index (χ1) is 15.5. The summed E-state index contributed by atoms with van der Waals surface area (Å²) < 4.78 is 0. The zero-order valence-electron chi connectivity index (χ0n) is 17.3. The fourth-order valence-corrected chi connectivity index (χ4v) is 4.38. The van der Waals surface area contributed by atoms with E-state index in [-0.39, 0.29) is 12.1 Å². The summed E-state index contributed by atoms with van der Waals surface area (Å²) in [6, 6.07) is 22.3. The number of rotatable bonds is 5. The van der Waals surface area contributed by atoms with Crippen molar-refractivity contribution in [1.29, 1.82) is 5.26 Å². The third-order valence-electron chi connectivity index (χ3n) is 5.43. The lowest BCUT2D eigenvalue weighted by Crippen LogP contribution is -2.43. The fourth-order valence-electron chi connectivity index (χ4n) is 3.86. The van der Waals surface area contributed by atoms with Gasteiger partial charge in [0.15, 0.2) is 0 Å². The number of nitrogens with one attached hydrogen (secondary N) is 2. The van der Waals surface area contributed by atoms with Crippen LogP contribution in [0.2, 0.25) is 10.0 Å². The quantitative estimate of drug-likeness (QED) is 0.463. The van der Waals surface area contributed by atoms with Gasteiger partial charge in [-0.15, -0.1) is 0 Å². The van der Waals surface area contributed by atoms with Gasteiger partial charge in [-0.25, -0.2) is 4.79 Å². The first kappa shape index (κ1) is 22.2. The van der Waals surface area contributed by atoms with Crippen molar-refractivity contribution in [3.63, 3.8) is 0 Å². The molecule has 0 bridgehead atoms. The third-order valence-corrected chi connectivity index (χ3v) is 5.86. The van der Waals surface area contributed by atoms with E-state index in [1.807, 2.05) is 42.5 Å². The van der Waals surface area contributed by atoms with E-state index in [0.29, 0.717) is 27.8 Å². The molecule has 0 spiro atoms. The summed E-state index contributed by atoms with van der Waals surface area (Å²) in [6.45, 7) is 1.50. The minimum atomic E-state index is -0.253. The molecule has 0 aromatic heterocycles. The topological polar surface area (TPSA) is 68.2 Å². The SMILES string of the molecule is N#Cc1cccc(-c2ccc(N(CC3CCCN3)C(=O)Nc3cc(Cl)cc(Cl)c3)cc2)c1. The van der Waals surface area contributed by atoms with Gasteiger partial charge in [-0.3, -0.25) is 4.90 Å². The number of carbonyl (C=O) groups is 1. The van der Waals surface area contributed by atoms with E-state index in [1.165, 1.54) is 0 Å². The minimum absolute atomic E-state index is 0.232. The maximum absolute atomic E-state index is 13.2. The molecule has 3 aromatic carbocycles. The first-order valence-electron chi connectivity index (χ1n) is 10.4. The Bertz CT molecular complexity index is 1130. The van der Waals surface area contributed by atoms with Crippen LogP contribution in [-0.4, -0.2) is 25.2 Å². The highest BCUT2D eigenvalue weighted by Crippen LogP contribution is 2.27. The maximum Gasteiger partial charge on any atom is 0.326 e. The maximum atomic E-state index is 13.2. The molecule has 1 saturated heterocycles. The number of hydrogen-bond acceptors (Lipinski definition) is 3. The Morgan fingerprint density at radius 2 is 1.81 bits per heavy atom. The Morgan fingerprint density at radius 3 is 2.47 bits per heavy atom. The lowest BCUT2D eigenvalue weighted by molar-refractivity contribution is 0.256. The van der Waals surface area contributed by atoms with Gasteiger partial charge in [0.2, 0.25) is 0 Å². The molecule has 0 aliphatic carbocycles. The molecule has 4 rings (SSSR count). The summed E-state index contributed by atoms with van der Waals surface area (Å²) in [5.41, 5.74) is 3.87. The van der Waals surface area contributed by atoms with Gasteiger partial charge in [-0.2, -0.15) is 5.26 Å². The molecule has 162 valence electrons. The summed E-state index contributed by atoms with van der Waals surface area (Å²) in [4.78, 5) is 15.0. The van der Waals surface area contributed by atoms with Crippen molar-refractivity contribution in [3.05, 3.63) is 82.3 Å². The molecule has 2 amide bonds. The highest BCUT2D eigenvalue weighted by molar-refractivity contribution is 6.35. The number of anilines is 2. The van der Waals surface area contributed by atoms with E-state index >= 15 is 0 Å². The molecule has 1 aliphatic heterocycles. The van der Waals surface area contributed by atoms with E-state index < -0.39 is 0 Å². The van der Waals surface area contributed by atoms with Crippen LogP contribution in [0.5, 0.6) is 0 Å². The van der Waals surface area contributed by atoms with Crippen LogP contribution in [0, 0.1) is 11.3 Å². The number of carbonyl (C=O) groups excluding carboxylic acids is 1. The fraction of sp³-hybridized carbons (Fsp3) is 0.200. The molecule has 1 atom stereocenters. The number of benzene rings is 3. The van der Waals surface area contributed by atoms with Gasteiger partial charge in [0.05, 0.1) is 11.6 Å². The molecule has 0 radical (unpaired) electrons. The van der Waals surface area contributed by atoms with Crippen LogP contribution in [0.15, 0.2) is 66.7 Å². The van der Waals surface area contributed by atoms with Crippen LogP contribution >= 0.6 is 23.2 Å². The molecule has 2 N–H and O–H groups in total. The lowest BCUT2D eigenvalue weighted by Gasteiger charge is -2.26. The molecule has 32 heavy (non-hydrogen) atoms. The molecule has 1 fully saturated rings. The van der Waals surface area contributed by atoms with Gasteiger partial charge >= 0.3 is 6.03 Å². The van der Waals surface area contributed by atoms with Crippen molar-refractivity contribution in [2.45, 2.75) is 18.9 Å². The Kier molecular flexibility index (Phi) is 6.96. The third kappa shape index (κ3) is 5.41. The number of nitriles is 1. The molecule has 3 aromatic rings. The average Bonchev–Trinajstić information content (AvgIpc) is 3.30. The van der Waals surface area contributed by atoms with Crippen LogP contribution in [-0.2, 0) is 0 Å². The highest BCUT2D eigenvalue weighted by atomic mass is 35.5. The lowest BCUT2D eigenvalue weighted by atomic mass is 10.0. The summed E-state index contributed by atoms with van der Waals surface area (Å²) >= 11 is 12.2. The second kappa shape index (κ2) is 10.1. The summed E-state index contributed by atoms with van der Waals surface area (Å²) in [5, 5.41) is 16.4. The van der Waals surface area contributed by atoms with E-state index in [9.17, 15) is 4.79 Å². The molecule has 1 heterocycles. The van der Waals surface area contributed by atoms with Gasteiger partial charge < -0.3 is 10.6 Å². The second-order valence-electron chi connectivity index (χ2n) is 7.73. The zero-order valence-corrected chi connectivity index (χ0v) is 18.8. The van der Waals surface area contributed by atoms with Gasteiger partial charge in [0, 0.05) is 34.0 Å². The van der Waals surface area contributed by atoms with E-state index in [1.54, 1.807) is 29.2 Å². The van der Waals surface area contributed by atoms with Crippen molar-refractivity contribution in [3.8, 4) is 17.2 Å². The van der Waals surface area contributed by atoms with E-state index in [4.69, 9.17) is 28.5 Å². The van der Waals surface area contributed by atoms with Gasteiger partial charge in [-0.1, -0.05) is 47.5 Å². The average molecular weight is 465 g/mol. The van der Waals surface area contributed by atoms with Crippen molar-refractivity contribution in [2.24, 2.45) is 0 Å². The Morgan fingerprint density at radius 1 is 1.06 bits per heavy atom. The number of urea groups is 1. The summed E-state index contributed by atoms with van der Waals surface area (Å²) in [5.74, 6) is 0. The van der Waals surface area contributed by atoms with Crippen molar-refractivity contribution < 1.29 is 4.79 Å². The van der Waals surface area contributed by atoms with E-state index in [2.05, 4.69) is 16.7 Å². The largest absolute Gasteiger partial charge is 0.326 e. The zero-order chi connectivity index (χ0) is 22.5.